The molecule has 0 bridgehead atoms. The second-order valence-corrected chi connectivity index (χ2v) is 11.8. The third-order valence-electron chi connectivity index (χ3n) is 5.62. The van der Waals surface area contributed by atoms with Crippen LogP contribution in [0, 0.1) is 0 Å². The molecule has 0 aromatic heterocycles. The summed E-state index contributed by atoms with van der Waals surface area (Å²) in [6, 6.07) is 11.8. The lowest BCUT2D eigenvalue weighted by Crippen LogP contribution is -2.33. The van der Waals surface area contributed by atoms with Crippen LogP contribution in [0.1, 0.15) is 81.1 Å². The number of halogens is 1. The Bertz CT molecular complexity index is 1020. The quantitative estimate of drug-likeness (QED) is 0.181. The summed E-state index contributed by atoms with van der Waals surface area (Å²) >= 11 is 7.40. The van der Waals surface area contributed by atoms with E-state index in [1.807, 2.05) is 18.2 Å². The molecule has 188 valence electrons. The molecule has 0 unspecified atom stereocenters. The summed E-state index contributed by atoms with van der Waals surface area (Å²) in [4.78, 5) is 12.6. The lowest BCUT2D eigenvalue weighted by atomic mass is 10.2. The van der Waals surface area contributed by atoms with E-state index in [9.17, 15) is 18.3 Å². The standard InChI is InChI=1S/C26H36ClNO4S2/c1-3-5-7-9-16-28(17-10-8-6-4-2)34(31,32)23-14-15-25(24(19-23)26(29)30)33-20-21-12-11-13-22(27)18-21/h11-15,18-19H,3-10,16-17,20H2,1-2H3,(H,29,30). The van der Waals surface area contributed by atoms with Crippen molar-refractivity contribution in [2.45, 2.75) is 80.8 Å². The van der Waals surface area contributed by atoms with Crippen LogP contribution < -0.4 is 0 Å². The molecule has 0 spiro atoms. The van der Waals surface area contributed by atoms with Crippen LogP contribution in [0.25, 0.3) is 0 Å². The maximum Gasteiger partial charge on any atom is 0.336 e. The highest BCUT2D eigenvalue weighted by atomic mass is 35.5. The van der Waals surface area contributed by atoms with Gasteiger partial charge in [0.1, 0.15) is 0 Å². The molecule has 34 heavy (non-hydrogen) atoms. The van der Waals surface area contributed by atoms with E-state index in [1.165, 1.54) is 28.2 Å². The Labute approximate surface area is 214 Å². The van der Waals surface area contributed by atoms with Gasteiger partial charge < -0.3 is 5.11 Å². The van der Waals surface area contributed by atoms with E-state index in [1.54, 1.807) is 12.1 Å². The minimum absolute atomic E-state index is 0.00465. The highest BCUT2D eigenvalue weighted by Crippen LogP contribution is 2.30. The van der Waals surface area contributed by atoms with Crippen LogP contribution in [0.4, 0.5) is 0 Å². The summed E-state index contributed by atoms with van der Waals surface area (Å²) in [6.45, 7) is 5.17. The van der Waals surface area contributed by atoms with Crippen LogP contribution >= 0.6 is 23.4 Å². The van der Waals surface area contributed by atoms with Gasteiger partial charge in [-0.1, -0.05) is 76.1 Å². The van der Waals surface area contributed by atoms with Gasteiger partial charge in [-0.2, -0.15) is 4.31 Å². The molecule has 0 aliphatic rings. The average Bonchev–Trinajstić information content (AvgIpc) is 2.81. The number of carboxylic acid groups (broad SMARTS) is 1. The summed E-state index contributed by atoms with van der Waals surface area (Å²) < 4.78 is 28.5. The van der Waals surface area contributed by atoms with E-state index in [0.29, 0.717) is 28.8 Å². The van der Waals surface area contributed by atoms with Gasteiger partial charge in [-0.05, 0) is 48.7 Å². The zero-order valence-corrected chi connectivity index (χ0v) is 22.5. The summed E-state index contributed by atoms with van der Waals surface area (Å²) in [5, 5.41) is 10.4. The Morgan fingerprint density at radius 2 is 1.59 bits per heavy atom. The number of carbonyl (C=O) groups is 1. The van der Waals surface area contributed by atoms with Crippen LogP contribution in [0.5, 0.6) is 0 Å². The first-order valence-electron chi connectivity index (χ1n) is 12.0. The molecule has 0 aliphatic heterocycles. The van der Waals surface area contributed by atoms with Crippen molar-refractivity contribution in [2.24, 2.45) is 0 Å². The second-order valence-electron chi connectivity index (χ2n) is 8.41. The number of thioether (sulfide) groups is 1. The van der Waals surface area contributed by atoms with Gasteiger partial charge in [0.05, 0.1) is 10.5 Å². The first-order valence-corrected chi connectivity index (χ1v) is 14.8. The second kappa shape index (κ2) is 14.8. The molecule has 0 atom stereocenters. The predicted octanol–water partition coefficient (Wildman–Crippen LogP) is 7.48. The molecule has 0 saturated carbocycles. The van der Waals surface area contributed by atoms with Crippen LogP contribution in [-0.4, -0.2) is 36.9 Å². The smallest absolute Gasteiger partial charge is 0.336 e. The molecule has 2 aromatic carbocycles. The van der Waals surface area contributed by atoms with Gasteiger partial charge in [-0.3, -0.25) is 0 Å². The maximum atomic E-state index is 13.5. The third-order valence-corrected chi connectivity index (χ3v) is 8.90. The van der Waals surface area contributed by atoms with Gasteiger partial charge in [0.15, 0.2) is 0 Å². The SMILES string of the molecule is CCCCCCN(CCCCCC)S(=O)(=O)c1ccc(SCc2cccc(Cl)c2)c(C(=O)O)c1. The number of nitrogens with zero attached hydrogens (tertiary/aromatic N) is 1. The zero-order valence-electron chi connectivity index (χ0n) is 20.1. The molecule has 0 saturated heterocycles. The van der Waals surface area contributed by atoms with Crippen molar-refractivity contribution in [1.29, 1.82) is 0 Å². The Kier molecular flexibility index (Phi) is 12.5. The summed E-state index contributed by atoms with van der Waals surface area (Å²) in [7, 11) is -3.78. The molecule has 0 heterocycles. The lowest BCUT2D eigenvalue weighted by molar-refractivity contribution is 0.0693. The highest BCUT2D eigenvalue weighted by molar-refractivity contribution is 7.98. The number of hydrogen-bond donors (Lipinski definition) is 1. The topological polar surface area (TPSA) is 74.7 Å². The fraction of sp³-hybridized carbons (Fsp3) is 0.500. The third kappa shape index (κ3) is 8.91. The van der Waals surface area contributed by atoms with Crippen LogP contribution in [-0.2, 0) is 15.8 Å². The molecule has 0 amide bonds. The Morgan fingerprint density at radius 1 is 0.941 bits per heavy atom. The fourth-order valence-corrected chi connectivity index (χ4v) is 6.41. The van der Waals surface area contributed by atoms with Crippen molar-refractivity contribution in [3.63, 3.8) is 0 Å². The van der Waals surface area contributed by atoms with Crippen molar-refractivity contribution in [3.05, 3.63) is 58.6 Å². The fourth-order valence-electron chi connectivity index (χ4n) is 3.68. The van der Waals surface area contributed by atoms with E-state index in [4.69, 9.17) is 11.6 Å². The minimum Gasteiger partial charge on any atom is -0.478 e. The predicted molar refractivity (Wildman–Crippen MR) is 141 cm³/mol. The number of benzene rings is 2. The Hall–Kier alpha value is -1.54. The van der Waals surface area contributed by atoms with Crippen LogP contribution in [0.3, 0.4) is 0 Å². The molecular weight excluding hydrogens is 490 g/mol. The molecule has 0 fully saturated rings. The zero-order chi connectivity index (χ0) is 25.0. The largest absolute Gasteiger partial charge is 0.478 e. The summed E-state index contributed by atoms with van der Waals surface area (Å²) in [6.07, 6.45) is 7.89. The molecule has 1 N–H and O–H groups in total. The average molecular weight is 526 g/mol. The molecule has 2 rings (SSSR count). The minimum atomic E-state index is -3.78. The number of hydrogen-bond acceptors (Lipinski definition) is 4. The Morgan fingerprint density at radius 3 is 2.15 bits per heavy atom. The van der Waals surface area contributed by atoms with E-state index in [-0.39, 0.29) is 10.5 Å². The number of carboxylic acids is 1. The van der Waals surface area contributed by atoms with Crippen molar-refractivity contribution in [2.75, 3.05) is 13.1 Å². The van der Waals surface area contributed by atoms with Crippen LogP contribution in [0.15, 0.2) is 52.3 Å². The monoisotopic (exact) mass is 525 g/mol. The normalized spacial score (nSPS) is 11.8. The molecular formula is C26H36ClNO4S2. The number of aromatic carboxylic acids is 1. The summed E-state index contributed by atoms with van der Waals surface area (Å²) in [5.74, 6) is -0.600. The number of unbranched alkanes of at least 4 members (excludes halogenated alkanes) is 6. The van der Waals surface area contributed by atoms with Gasteiger partial charge in [0.25, 0.3) is 0 Å². The molecule has 2 aromatic rings. The lowest BCUT2D eigenvalue weighted by Gasteiger charge is -2.23. The molecule has 0 aliphatic carbocycles. The molecule has 0 radical (unpaired) electrons. The summed E-state index contributed by atoms with van der Waals surface area (Å²) in [5.41, 5.74) is 0.973. The van der Waals surface area contributed by atoms with Crippen molar-refractivity contribution in [1.82, 2.24) is 4.31 Å². The van der Waals surface area contributed by atoms with E-state index < -0.39 is 16.0 Å². The molecule has 8 heteroatoms. The van der Waals surface area contributed by atoms with Gasteiger partial charge in [0, 0.05) is 28.8 Å². The maximum absolute atomic E-state index is 13.5. The van der Waals surface area contributed by atoms with E-state index in [2.05, 4.69) is 13.8 Å². The molecule has 5 nitrogen and oxygen atoms in total. The van der Waals surface area contributed by atoms with Gasteiger partial charge in [0.2, 0.25) is 10.0 Å². The van der Waals surface area contributed by atoms with Gasteiger partial charge >= 0.3 is 5.97 Å². The van der Waals surface area contributed by atoms with Crippen LogP contribution in [0.2, 0.25) is 5.02 Å². The van der Waals surface area contributed by atoms with Crippen molar-refractivity contribution >= 4 is 39.4 Å². The number of sulfonamides is 1. The van der Waals surface area contributed by atoms with Gasteiger partial charge in [-0.15, -0.1) is 11.8 Å². The highest BCUT2D eigenvalue weighted by Gasteiger charge is 2.26. The van der Waals surface area contributed by atoms with Gasteiger partial charge in [-0.25, -0.2) is 13.2 Å². The van der Waals surface area contributed by atoms with E-state index in [0.717, 1.165) is 56.9 Å². The first kappa shape index (κ1) is 28.7. The number of rotatable bonds is 16. The Balaban J connectivity index is 2.23. The van der Waals surface area contributed by atoms with Crippen molar-refractivity contribution in [3.8, 4) is 0 Å². The first-order chi connectivity index (χ1) is 16.3. The van der Waals surface area contributed by atoms with Crippen molar-refractivity contribution < 1.29 is 18.3 Å². The van der Waals surface area contributed by atoms with E-state index >= 15 is 0 Å².